The Balaban J connectivity index is 1.73. The SMILES string of the molecule is Cc1cc(C(=O)NNC(=O)c2ccc([N+](=O)[O-])s2)c(C)n1-c1ccccc1. The zero-order valence-corrected chi connectivity index (χ0v) is 15.4. The first-order valence-corrected chi connectivity index (χ1v) is 8.79. The molecule has 0 aliphatic heterocycles. The smallest absolute Gasteiger partial charge is 0.318 e. The zero-order chi connectivity index (χ0) is 19.6. The van der Waals surface area contributed by atoms with Gasteiger partial charge in [0, 0.05) is 23.1 Å². The third-order valence-corrected chi connectivity index (χ3v) is 5.01. The predicted molar refractivity (Wildman–Crippen MR) is 101 cm³/mol. The Kier molecular flexibility index (Phi) is 5.04. The van der Waals surface area contributed by atoms with Crippen LogP contribution in [0.15, 0.2) is 48.5 Å². The average molecular weight is 384 g/mol. The van der Waals surface area contributed by atoms with E-state index in [9.17, 15) is 19.7 Å². The van der Waals surface area contributed by atoms with Crippen LogP contribution in [0.4, 0.5) is 5.00 Å². The Morgan fingerprint density at radius 3 is 2.33 bits per heavy atom. The molecule has 0 aliphatic carbocycles. The van der Waals surface area contributed by atoms with Gasteiger partial charge in [-0.25, -0.2) is 0 Å². The average Bonchev–Trinajstić information content (AvgIpc) is 3.25. The number of thiophene rings is 1. The van der Waals surface area contributed by atoms with E-state index < -0.39 is 16.7 Å². The van der Waals surface area contributed by atoms with E-state index in [1.54, 1.807) is 6.07 Å². The van der Waals surface area contributed by atoms with Crippen molar-refractivity contribution in [1.29, 1.82) is 0 Å². The third kappa shape index (κ3) is 3.72. The van der Waals surface area contributed by atoms with E-state index in [1.165, 1.54) is 12.1 Å². The first-order valence-electron chi connectivity index (χ1n) is 7.97. The molecule has 3 rings (SSSR count). The van der Waals surface area contributed by atoms with Gasteiger partial charge in [-0.2, -0.15) is 0 Å². The number of amides is 2. The topological polar surface area (TPSA) is 106 Å². The van der Waals surface area contributed by atoms with Crippen LogP contribution in [0.2, 0.25) is 0 Å². The van der Waals surface area contributed by atoms with Crippen molar-refractivity contribution in [3.05, 3.63) is 80.5 Å². The summed E-state index contributed by atoms with van der Waals surface area (Å²) >= 11 is 0.737. The Labute approximate surface area is 158 Å². The maximum Gasteiger partial charge on any atom is 0.324 e. The van der Waals surface area contributed by atoms with Crippen molar-refractivity contribution >= 4 is 28.2 Å². The van der Waals surface area contributed by atoms with Crippen molar-refractivity contribution in [2.75, 3.05) is 0 Å². The number of nitro groups is 1. The molecule has 2 amide bonds. The minimum Gasteiger partial charge on any atom is -0.318 e. The summed E-state index contributed by atoms with van der Waals surface area (Å²) < 4.78 is 1.94. The molecule has 0 atom stereocenters. The Morgan fingerprint density at radius 1 is 1.04 bits per heavy atom. The molecule has 0 saturated carbocycles. The molecule has 0 aliphatic rings. The highest BCUT2D eigenvalue weighted by molar-refractivity contribution is 7.17. The number of rotatable bonds is 4. The van der Waals surface area contributed by atoms with Crippen LogP contribution in [-0.4, -0.2) is 21.3 Å². The highest BCUT2D eigenvalue weighted by Gasteiger charge is 2.19. The molecule has 0 fully saturated rings. The fraction of sp³-hybridized carbons (Fsp3) is 0.111. The number of aryl methyl sites for hydroxylation is 1. The van der Waals surface area contributed by atoms with Gasteiger partial charge in [0.2, 0.25) is 0 Å². The van der Waals surface area contributed by atoms with Gasteiger partial charge in [-0.15, -0.1) is 0 Å². The van der Waals surface area contributed by atoms with Crippen LogP contribution < -0.4 is 10.9 Å². The van der Waals surface area contributed by atoms with Gasteiger partial charge in [-0.3, -0.25) is 30.6 Å². The Morgan fingerprint density at radius 2 is 1.70 bits per heavy atom. The minimum absolute atomic E-state index is 0.136. The summed E-state index contributed by atoms with van der Waals surface area (Å²) in [6.07, 6.45) is 0. The molecule has 0 unspecified atom stereocenters. The van der Waals surface area contributed by atoms with E-state index in [0.717, 1.165) is 28.4 Å². The number of nitrogens with one attached hydrogen (secondary N) is 2. The van der Waals surface area contributed by atoms with Crippen LogP contribution in [0.25, 0.3) is 5.69 Å². The number of aromatic nitrogens is 1. The van der Waals surface area contributed by atoms with Crippen LogP contribution in [0.5, 0.6) is 0 Å². The van der Waals surface area contributed by atoms with E-state index in [2.05, 4.69) is 10.9 Å². The van der Waals surface area contributed by atoms with Gasteiger partial charge in [-0.1, -0.05) is 29.5 Å². The summed E-state index contributed by atoms with van der Waals surface area (Å²) in [6, 6.07) is 13.9. The lowest BCUT2D eigenvalue weighted by atomic mass is 10.2. The van der Waals surface area contributed by atoms with Crippen LogP contribution in [-0.2, 0) is 0 Å². The lowest BCUT2D eigenvalue weighted by molar-refractivity contribution is -0.380. The summed E-state index contributed by atoms with van der Waals surface area (Å²) in [4.78, 5) is 34.8. The fourth-order valence-corrected chi connectivity index (χ4v) is 3.47. The molecule has 0 saturated heterocycles. The molecule has 138 valence electrons. The molecule has 3 aromatic rings. The molecule has 8 nitrogen and oxygen atoms in total. The molecule has 2 heterocycles. The van der Waals surface area contributed by atoms with E-state index >= 15 is 0 Å². The van der Waals surface area contributed by atoms with Crippen LogP contribution in [0, 0.1) is 24.0 Å². The summed E-state index contributed by atoms with van der Waals surface area (Å²) in [6.45, 7) is 3.71. The second-order valence-electron chi connectivity index (χ2n) is 5.76. The molecule has 27 heavy (non-hydrogen) atoms. The molecule has 0 spiro atoms. The quantitative estimate of drug-likeness (QED) is 0.532. The molecule has 0 radical (unpaired) electrons. The van der Waals surface area contributed by atoms with Gasteiger partial charge in [0.15, 0.2) is 0 Å². The van der Waals surface area contributed by atoms with Crippen molar-refractivity contribution in [3.8, 4) is 5.69 Å². The maximum absolute atomic E-state index is 12.5. The number of hydrogen-bond acceptors (Lipinski definition) is 5. The number of benzene rings is 1. The second-order valence-corrected chi connectivity index (χ2v) is 6.82. The van der Waals surface area contributed by atoms with Crippen LogP contribution in [0.1, 0.15) is 31.4 Å². The number of nitrogens with zero attached hydrogens (tertiary/aromatic N) is 2. The van der Waals surface area contributed by atoms with Crippen molar-refractivity contribution < 1.29 is 14.5 Å². The van der Waals surface area contributed by atoms with E-state index in [1.807, 2.05) is 48.7 Å². The fourth-order valence-electron chi connectivity index (χ4n) is 2.76. The minimum atomic E-state index is -0.613. The maximum atomic E-state index is 12.5. The molecule has 1 aromatic carbocycles. The van der Waals surface area contributed by atoms with Gasteiger partial charge in [0.1, 0.15) is 4.88 Å². The Bertz CT molecular complexity index is 1020. The second kappa shape index (κ2) is 7.42. The number of hydrazine groups is 1. The summed E-state index contributed by atoms with van der Waals surface area (Å²) in [5.74, 6) is -1.08. The first kappa shape index (κ1) is 18.3. The van der Waals surface area contributed by atoms with Crippen LogP contribution in [0.3, 0.4) is 0 Å². The van der Waals surface area contributed by atoms with Gasteiger partial charge in [0.25, 0.3) is 11.8 Å². The van der Waals surface area contributed by atoms with Crippen molar-refractivity contribution in [2.24, 2.45) is 0 Å². The van der Waals surface area contributed by atoms with Crippen LogP contribution >= 0.6 is 11.3 Å². The molecule has 2 N–H and O–H groups in total. The lowest BCUT2D eigenvalue weighted by Gasteiger charge is -2.10. The van der Waals surface area contributed by atoms with Crippen molar-refractivity contribution in [3.63, 3.8) is 0 Å². The summed E-state index contributed by atoms with van der Waals surface area (Å²) in [7, 11) is 0. The molecule has 9 heteroatoms. The third-order valence-electron chi connectivity index (χ3n) is 3.98. The van der Waals surface area contributed by atoms with Crippen molar-refractivity contribution in [2.45, 2.75) is 13.8 Å². The molecular weight excluding hydrogens is 368 g/mol. The van der Waals surface area contributed by atoms with Gasteiger partial charge in [-0.05, 0) is 38.1 Å². The van der Waals surface area contributed by atoms with Gasteiger partial charge >= 0.3 is 5.00 Å². The monoisotopic (exact) mass is 384 g/mol. The highest BCUT2D eigenvalue weighted by atomic mass is 32.1. The van der Waals surface area contributed by atoms with Gasteiger partial charge in [0.05, 0.1) is 10.5 Å². The predicted octanol–water partition coefficient (Wildman–Crippen LogP) is 3.14. The van der Waals surface area contributed by atoms with E-state index in [4.69, 9.17) is 0 Å². The normalized spacial score (nSPS) is 10.4. The van der Waals surface area contributed by atoms with E-state index in [-0.39, 0.29) is 9.88 Å². The number of carbonyl (C=O) groups excluding carboxylic acids is 2. The number of hydrogen-bond donors (Lipinski definition) is 2. The highest BCUT2D eigenvalue weighted by Crippen LogP contribution is 2.24. The largest absolute Gasteiger partial charge is 0.324 e. The summed E-state index contributed by atoms with van der Waals surface area (Å²) in [5, 5.41) is 10.5. The van der Waals surface area contributed by atoms with E-state index in [0.29, 0.717) is 5.56 Å². The Hall–Kier alpha value is -3.46. The number of carbonyl (C=O) groups is 2. The van der Waals surface area contributed by atoms with Crippen molar-refractivity contribution in [1.82, 2.24) is 15.4 Å². The summed E-state index contributed by atoms with van der Waals surface area (Å²) in [5.41, 5.74) is 7.61. The van der Waals surface area contributed by atoms with Gasteiger partial charge < -0.3 is 4.57 Å². The number of para-hydroxylation sites is 1. The first-order chi connectivity index (χ1) is 12.9. The molecule has 0 bridgehead atoms. The lowest BCUT2D eigenvalue weighted by Crippen LogP contribution is -2.41. The molecule has 2 aromatic heterocycles. The zero-order valence-electron chi connectivity index (χ0n) is 14.6. The molecular formula is C18H16N4O4S. The standard InChI is InChI=1S/C18H16N4O4S/c1-11-10-14(12(2)21(11)13-6-4-3-5-7-13)17(23)19-20-18(24)15-8-9-16(27-15)22(25)26/h3-10H,1-2H3,(H,19,23)(H,20,24).